The minimum absolute atomic E-state index is 0.0734. The highest BCUT2D eigenvalue weighted by molar-refractivity contribution is 7.47. The van der Waals surface area contributed by atoms with E-state index in [0.29, 0.717) is 6.42 Å². The first-order chi connectivity index (χ1) is 26.9. The third-order valence-corrected chi connectivity index (χ3v) is 11.2. The fraction of sp³-hybridized carbons (Fsp3) is 0.848. The largest absolute Gasteiger partial charge is 0.472 e. The smallest absolute Gasteiger partial charge is 0.387 e. The van der Waals surface area contributed by atoms with Crippen molar-refractivity contribution in [2.24, 2.45) is 5.73 Å². The van der Waals surface area contributed by atoms with Crippen molar-refractivity contribution in [3.8, 4) is 0 Å². The molecule has 0 aromatic heterocycles. The minimum Gasteiger partial charge on any atom is -0.387 e. The summed E-state index contributed by atoms with van der Waals surface area (Å²) in [5.41, 5.74) is 5.38. The van der Waals surface area contributed by atoms with Gasteiger partial charge in [0.1, 0.15) is 0 Å². The fourth-order valence-electron chi connectivity index (χ4n) is 6.67. The molecule has 8 nitrogen and oxygen atoms in total. The molecule has 0 aliphatic heterocycles. The minimum atomic E-state index is -4.35. The summed E-state index contributed by atoms with van der Waals surface area (Å²) in [7, 11) is -4.35. The summed E-state index contributed by atoms with van der Waals surface area (Å²) < 4.78 is 22.1. The number of rotatable bonds is 43. The summed E-state index contributed by atoms with van der Waals surface area (Å²) in [5.74, 6) is -0.208. The van der Waals surface area contributed by atoms with E-state index in [0.717, 1.165) is 38.5 Å². The Morgan fingerprint density at radius 2 is 0.964 bits per heavy atom. The van der Waals surface area contributed by atoms with Gasteiger partial charge in [-0.2, -0.15) is 0 Å². The molecule has 5 N–H and O–H groups in total. The van der Waals surface area contributed by atoms with Crippen LogP contribution in [0.3, 0.4) is 0 Å². The van der Waals surface area contributed by atoms with Crippen LogP contribution in [0.1, 0.15) is 219 Å². The van der Waals surface area contributed by atoms with Gasteiger partial charge < -0.3 is 21.1 Å². The van der Waals surface area contributed by atoms with E-state index in [1.54, 1.807) is 6.08 Å². The maximum Gasteiger partial charge on any atom is 0.472 e. The first-order valence-corrected chi connectivity index (χ1v) is 24.6. The van der Waals surface area contributed by atoms with Crippen LogP contribution in [0.5, 0.6) is 0 Å². The van der Waals surface area contributed by atoms with Gasteiger partial charge in [-0.3, -0.25) is 13.8 Å². The maximum atomic E-state index is 12.8. The SMILES string of the molecule is CCCCCCCCC/C=C\CCCCCCCCCC(=O)NC(COP(=O)(O)OCCN)C(O)/C=C/CC/C=C/CCCCCCCCCCCCCC. The van der Waals surface area contributed by atoms with E-state index < -0.39 is 20.0 Å². The molecule has 3 unspecified atom stereocenters. The lowest BCUT2D eigenvalue weighted by molar-refractivity contribution is -0.123. The van der Waals surface area contributed by atoms with Gasteiger partial charge in [-0.25, -0.2) is 4.57 Å². The molecule has 0 fully saturated rings. The standard InChI is InChI=1S/C46H89N2O6P/c1-3-5-7-9-11-13-15-17-19-21-23-25-27-29-31-33-35-37-39-45(49)44(43-54-55(51,52)53-42-41-47)48-46(50)40-38-36-34-32-30-28-26-24-22-20-18-16-14-12-10-8-6-4-2/h20,22,29,31,37,39,44-45,49H,3-19,21,23-28,30,32-36,38,40-43,47H2,1-2H3,(H,48,50)(H,51,52)/b22-20-,31-29+,39-37+. The molecule has 0 rings (SSSR count). The number of nitrogens with one attached hydrogen (secondary N) is 1. The van der Waals surface area contributed by atoms with Crippen LogP contribution in [-0.4, -0.2) is 47.8 Å². The molecule has 0 aromatic rings. The van der Waals surface area contributed by atoms with Gasteiger partial charge in [0.15, 0.2) is 0 Å². The second kappa shape index (κ2) is 42.3. The van der Waals surface area contributed by atoms with Crippen molar-refractivity contribution < 1.29 is 28.4 Å². The first kappa shape index (κ1) is 53.7. The molecule has 0 bridgehead atoms. The predicted octanol–water partition coefficient (Wildman–Crippen LogP) is 13.1. The van der Waals surface area contributed by atoms with Crippen molar-refractivity contribution in [1.82, 2.24) is 5.32 Å². The van der Waals surface area contributed by atoms with Crippen molar-refractivity contribution in [2.45, 2.75) is 231 Å². The molecule has 0 radical (unpaired) electrons. The Morgan fingerprint density at radius 1 is 0.582 bits per heavy atom. The summed E-state index contributed by atoms with van der Waals surface area (Å²) in [6.45, 7) is 4.12. The molecule has 0 aliphatic carbocycles. The molecule has 9 heteroatoms. The fourth-order valence-corrected chi connectivity index (χ4v) is 7.43. The molecule has 1 amide bonds. The van der Waals surface area contributed by atoms with E-state index in [1.165, 1.54) is 161 Å². The average Bonchev–Trinajstić information content (AvgIpc) is 3.17. The summed E-state index contributed by atoms with van der Waals surface area (Å²) in [6, 6.07) is -0.878. The Morgan fingerprint density at radius 3 is 1.40 bits per heavy atom. The Balaban J connectivity index is 4.23. The van der Waals surface area contributed by atoms with Gasteiger partial charge in [0.05, 0.1) is 25.4 Å². The molecule has 324 valence electrons. The summed E-state index contributed by atoms with van der Waals surface area (Å²) in [4.78, 5) is 22.7. The average molecular weight is 797 g/mol. The quantitative estimate of drug-likeness (QED) is 0.0274. The van der Waals surface area contributed by atoms with E-state index in [4.69, 9.17) is 14.8 Å². The third kappa shape index (κ3) is 40.7. The van der Waals surface area contributed by atoms with Crippen molar-refractivity contribution in [1.29, 1.82) is 0 Å². The van der Waals surface area contributed by atoms with Gasteiger partial charge in [-0.05, 0) is 57.8 Å². The number of carbonyl (C=O) groups excluding carboxylic acids is 1. The lowest BCUT2D eigenvalue weighted by Crippen LogP contribution is -2.45. The van der Waals surface area contributed by atoms with E-state index in [9.17, 15) is 19.4 Å². The van der Waals surface area contributed by atoms with Gasteiger partial charge >= 0.3 is 7.82 Å². The van der Waals surface area contributed by atoms with Crippen LogP contribution < -0.4 is 11.1 Å². The number of phosphoric acid groups is 1. The van der Waals surface area contributed by atoms with Crippen molar-refractivity contribution in [3.63, 3.8) is 0 Å². The molecular weight excluding hydrogens is 707 g/mol. The van der Waals surface area contributed by atoms with Crippen LogP contribution in [-0.2, 0) is 18.4 Å². The van der Waals surface area contributed by atoms with Gasteiger partial charge in [0, 0.05) is 13.0 Å². The monoisotopic (exact) mass is 797 g/mol. The molecule has 0 aliphatic rings. The Hall–Kier alpha value is -1.28. The molecule has 0 spiro atoms. The first-order valence-electron chi connectivity index (χ1n) is 23.1. The maximum absolute atomic E-state index is 12.8. The van der Waals surface area contributed by atoms with E-state index in [1.807, 2.05) is 6.08 Å². The van der Waals surface area contributed by atoms with Crippen LogP contribution in [0.2, 0.25) is 0 Å². The second-order valence-corrected chi connectivity index (χ2v) is 17.1. The number of allylic oxidation sites excluding steroid dienone is 5. The molecule has 55 heavy (non-hydrogen) atoms. The lowest BCUT2D eigenvalue weighted by atomic mass is 10.0. The number of unbranched alkanes of at least 4 members (excludes halogenated alkanes) is 27. The molecule has 0 aromatic carbocycles. The number of amides is 1. The number of aliphatic hydroxyl groups excluding tert-OH is 1. The zero-order valence-corrected chi connectivity index (χ0v) is 36.8. The highest BCUT2D eigenvalue weighted by atomic mass is 31.2. The van der Waals surface area contributed by atoms with E-state index in [-0.39, 0.29) is 25.7 Å². The zero-order valence-electron chi connectivity index (χ0n) is 35.9. The van der Waals surface area contributed by atoms with Crippen molar-refractivity contribution >= 4 is 13.7 Å². The van der Waals surface area contributed by atoms with Gasteiger partial charge in [-0.15, -0.1) is 0 Å². The number of hydrogen-bond acceptors (Lipinski definition) is 6. The predicted molar refractivity (Wildman–Crippen MR) is 235 cm³/mol. The molecule has 3 atom stereocenters. The molecular formula is C46H89N2O6P. The molecule has 0 heterocycles. The number of aliphatic hydroxyl groups is 1. The second-order valence-electron chi connectivity index (χ2n) is 15.6. The normalized spacial score (nSPS) is 14.3. The highest BCUT2D eigenvalue weighted by Crippen LogP contribution is 2.43. The van der Waals surface area contributed by atoms with Gasteiger partial charge in [0.25, 0.3) is 0 Å². The number of carbonyl (C=O) groups is 1. The number of nitrogens with two attached hydrogens (primary N) is 1. The summed E-state index contributed by atoms with van der Waals surface area (Å²) in [5, 5.41) is 13.7. The van der Waals surface area contributed by atoms with Crippen molar-refractivity contribution in [2.75, 3.05) is 19.8 Å². The number of phosphoric ester groups is 1. The van der Waals surface area contributed by atoms with Crippen LogP contribution in [0.15, 0.2) is 36.5 Å². The van der Waals surface area contributed by atoms with Crippen LogP contribution in [0, 0.1) is 0 Å². The van der Waals surface area contributed by atoms with E-state index in [2.05, 4.69) is 43.5 Å². The third-order valence-electron chi connectivity index (χ3n) is 10.2. The Labute approximate surface area is 340 Å². The van der Waals surface area contributed by atoms with E-state index >= 15 is 0 Å². The topological polar surface area (TPSA) is 131 Å². The Kier molecular flexibility index (Phi) is 41.3. The lowest BCUT2D eigenvalue weighted by Gasteiger charge is -2.23. The summed E-state index contributed by atoms with van der Waals surface area (Å²) >= 11 is 0. The van der Waals surface area contributed by atoms with Crippen LogP contribution in [0.4, 0.5) is 0 Å². The van der Waals surface area contributed by atoms with Gasteiger partial charge in [-0.1, -0.05) is 192 Å². The molecule has 0 saturated heterocycles. The number of hydrogen-bond donors (Lipinski definition) is 4. The zero-order chi connectivity index (χ0) is 40.3. The highest BCUT2D eigenvalue weighted by Gasteiger charge is 2.26. The van der Waals surface area contributed by atoms with Crippen LogP contribution in [0.25, 0.3) is 0 Å². The van der Waals surface area contributed by atoms with Crippen LogP contribution >= 0.6 is 7.82 Å². The molecule has 0 saturated carbocycles. The Bertz CT molecular complexity index is 959. The van der Waals surface area contributed by atoms with Crippen molar-refractivity contribution in [3.05, 3.63) is 36.5 Å². The summed E-state index contributed by atoms with van der Waals surface area (Å²) in [6.07, 6.45) is 50.5. The van der Waals surface area contributed by atoms with Gasteiger partial charge in [0.2, 0.25) is 5.91 Å².